The molecule has 0 spiro atoms. The summed E-state index contributed by atoms with van der Waals surface area (Å²) < 4.78 is 0. The largest absolute Gasteiger partial charge is 0.330 e. The molecule has 3 heteroatoms. The fourth-order valence-corrected chi connectivity index (χ4v) is 2.53. The van der Waals surface area contributed by atoms with Crippen molar-refractivity contribution in [2.45, 2.75) is 19.8 Å². The second-order valence-electron chi connectivity index (χ2n) is 4.56. The summed E-state index contributed by atoms with van der Waals surface area (Å²) in [6.45, 7) is 5.26. The molecule has 14 heavy (non-hydrogen) atoms. The van der Waals surface area contributed by atoms with Crippen LogP contribution in [0.25, 0.3) is 0 Å². The zero-order valence-corrected chi connectivity index (χ0v) is 9.25. The second kappa shape index (κ2) is 3.21. The summed E-state index contributed by atoms with van der Waals surface area (Å²) in [5.41, 5.74) is 7.30. The average molecular weight is 211 g/mol. The van der Waals surface area contributed by atoms with E-state index in [1.165, 1.54) is 5.56 Å². The molecule has 2 N–H and O–H groups in total. The predicted molar refractivity (Wildman–Crippen MR) is 58.3 cm³/mol. The summed E-state index contributed by atoms with van der Waals surface area (Å²) in [4.78, 5) is 4.10. The van der Waals surface area contributed by atoms with Crippen LogP contribution in [0.5, 0.6) is 0 Å². The molecule has 76 valence electrons. The highest BCUT2D eigenvalue weighted by Gasteiger charge is 2.57. The SMILES string of the molecule is CC1(C)[C@@H](CN)[C@@H]1c1ccc(Cl)nc1. The molecule has 1 heterocycles. The van der Waals surface area contributed by atoms with E-state index in [1.807, 2.05) is 12.3 Å². The van der Waals surface area contributed by atoms with Crippen LogP contribution in [0, 0.1) is 11.3 Å². The van der Waals surface area contributed by atoms with Crippen molar-refractivity contribution in [1.82, 2.24) is 4.98 Å². The molecular weight excluding hydrogens is 196 g/mol. The van der Waals surface area contributed by atoms with Crippen molar-refractivity contribution in [1.29, 1.82) is 0 Å². The minimum absolute atomic E-state index is 0.324. The molecule has 0 saturated heterocycles. The van der Waals surface area contributed by atoms with E-state index in [1.54, 1.807) is 0 Å². The van der Waals surface area contributed by atoms with E-state index in [0.29, 0.717) is 22.4 Å². The van der Waals surface area contributed by atoms with E-state index in [2.05, 4.69) is 24.9 Å². The van der Waals surface area contributed by atoms with Gasteiger partial charge in [0, 0.05) is 6.20 Å². The van der Waals surface area contributed by atoms with Gasteiger partial charge in [0.05, 0.1) is 0 Å². The number of hydrogen-bond acceptors (Lipinski definition) is 2. The van der Waals surface area contributed by atoms with Crippen molar-refractivity contribution in [2.75, 3.05) is 6.54 Å². The monoisotopic (exact) mass is 210 g/mol. The highest BCUT2D eigenvalue weighted by Crippen LogP contribution is 2.63. The van der Waals surface area contributed by atoms with Crippen LogP contribution >= 0.6 is 11.6 Å². The number of pyridine rings is 1. The zero-order valence-electron chi connectivity index (χ0n) is 8.50. The standard InChI is InChI=1S/C11H15ClN2/c1-11(2)8(5-13)10(11)7-3-4-9(12)14-6-7/h3-4,6,8,10H,5,13H2,1-2H3/t8-,10-/m0/s1. The van der Waals surface area contributed by atoms with Crippen molar-refractivity contribution in [3.05, 3.63) is 29.0 Å². The Morgan fingerprint density at radius 1 is 1.50 bits per heavy atom. The van der Waals surface area contributed by atoms with Gasteiger partial charge in [-0.05, 0) is 35.4 Å². The maximum Gasteiger partial charge on any atom is 0.129 e. The number of aromatic nitrogens is 1. The Bertz CT molecular complexity index is 332. The molecule has 0 aromatic carbocycles. The van der Waals surface area contributed by atoms with Gasteiger partial charge in [-0.1, -0.05) is 31.5 Å². The third-order valence-electron chi connectivity index (χ3n) is 3.41. The zero-order chi connectivity index (χ0) is 10.3. The van der Waals surface area contributed by atoms with Crippen molar-refractivity contribution < 1.29 is 0 Å². The van der Waals surface area contributed by atoms with Crippen LogP contribution in [0.4, 0.5) is 0 Å². The first-order chi connectivity index (χ1) is 6.57. The predicted octanol–water partition coefficient (Wildman–Crippen LogP) is 2.43. The average Bonchev–Trinajstić information content (AvgIpc) is 2.69. The summed E-state index contributed by atoms with van der Waals surface area (Å²) in [6.07, 6.45) is 1.87. The van der Waals surface area contributed by atoms with E-state index < -0.39 is 0 Å². The lowest BCUT2D eigenvalue weighted by Crippen LogP contribution is -2.05. The van der Waals surface area contributed by atoms with Crippen LogP contribution in [0.15, 0.2) is 18.3 Å². The van der Waals surface area contributed by atoms with Crippen LogP contribution in [-0.4, -0.2) is 11.5 Å². The van der Waals surface area contributed by atoms with Crippen LogP contribution in [-0.2, 0) is 0 Å². The third-order valence-corrected chi connectivity index (χ3v) is 3.64. The maximum atomic E-state index is 5.74. The minimum Gasteiger partial charge on any atom is -0.330 e. The Hall–Kier alpha value is -0.600. The summed E-state index contributed by atoms with van der Waals surface area (Å²) in [6, 6.07) is 3.90. The highest BCUT2D eigenvalue weighted by atomic mass is 35.5. The number of hydrogen-bond donors (Lipinski definition) is 1. The normalized spacial score (nSPS) is 28.9. The van der Waals surface area contributed by atoms with Crippen molar-refractivity contribution in [3.63, 3.8) is 0 Å². The molecule has 1 fully saturated rings. The molecule has 0 aliphatic heterocycles. The van der Waals surface area contributed by atoms with Crippen molar-refractivity contribution in [2.24, 2.45) is 17.1 Å². The van der Waals surface area contributed by atoms with E-state index >= 15 is 0 Å². The molecule has 1 aliphatic carbocycles. The molecule has 2 nitrogen and oxygen atoms in total. The maximum absolute atomic E-state index is 5.74. The molecule has 2 atom stereocenters. The molecule has 1 aromatic rings. The Morgan fingerprint density at radius 2 is 2.21 bits per heavy atom. The Balaban J connectivity index is 2.22. The van der Waals surface area contributed by atoms with Gasteiger partial charge in [-0.2, -0.15) is 0 Å². The number of nitrogens with zero attached hydrogens (tertiary/aromatic N) is 1. The van der Waals surface area contributed by atoms with Gasteiger partial charge in [-0.3, -0.25) is 0 Å². The highest BCUT2D eigenvalue weighted by molar-refractivity contribution is 6.29. The molecule has 1 aromatic heterocycles. The van der Waals surface area contributed by atoms with Crippen LogP contribution in [0.1, 0.15) is 25.3 Å². The number of rotatable bonds is 2. The molecule has 1 aliphatic rings. The van der Waals surface area contributed by atoms with Crippen LogP contribution in [0.3, 0.4) is 0 Å². The second-order valence-corrected chi connectivity index (χ2v) is 4.94. The topological polar surface area (TPSA) is 38.9 Å². The lowest BCUT2D eigenvalue weighted by Gasteiger charge is -2.02. The Morgan fingerprint density at radius 3 is 2.64 bits per heavy atom. The van der Waals surface area contributed by atoms with Crippen LogP contribution < -0.4 is 5.73 Å². The summed E-state index contributed by atoms with van der Waals surface area (Å²) >= 11 is 5.74. The molecule has 0 bridgehead atoms. The van der Waals surface area contributed by atoms with Gasteiger partial charge in [0.15, 0.2) is 0 Å². The summed E-state index contributed by atoms with van der Waals surface area (Å²) in [7, 11) is 0. The number of nitrogens with two attached hydrogens (primary N) is 1. The first kappa shape index (κ1) is 9.94. The molecule has 1 saturated carbocycles. The first-order valence-corrected chi connectivity index (χ1v) is 5.26. The van der Waals surface area contributed by atoms with E-state index in [-0.39, 0.29) is 0 Å². The minimum atomic E-state index is 0.324. The van der Waals surface area contributed by atoms with Gasteiger partial charge in [0.1, 0.15) is 5.15 Å². The molecule has 0 unspecified atom stereocenters. The van der Waals surface area contributed by atoms with Crippen LogP contribution in [0.2, 0.25) is 5.15 Å². The van der Waals surface area contributed by atoms with Crippen molar-refractivity contribution >= 4 is 11.6 Å². The van der Waals surface area contributed by atoms with E-state index in [0.717, 1.165) is 6.54 Å². The molecule has 0 amide bonds. The molecule has 2 rings (SSSR count). The Labute approximate surface area is 89.5 Å². The molecular formula is C11H15ClN2. The Kier molecular flexibility index (Phi) is 2.28. The fourth-order valence-electron chi connectivity index (χ4n) is 2.42. The molecule has 0 radical (unpaired) electrons. The summed E-state index contributed by atoms with van der Waals surface area (Å²) in [5, 5.41) is 0.552. The van der Waals surface area contributed by atoms with Gasteiger partial charge in [0.25, 0.3) is 0 Å². The van der Waals surface area contributed by atoms with Gasteiger partial charge >= 0.3 is 0 Å². The van der Waals surface area contributed by atoms with Gasteiger partial charge in [-0.15, -0.1) is 0 Å². The summed E-state index contributed by atoms with van der Waals surface area (Å²) in [5.74, 6) is 1.14. The lowest BCUT2D eigenvalue weighted by atomic mass is 10.1. The smallest absolute Gasteiger partial charge is 0.129 e. The van der Waals surface area contributed by atoms with Gasteiger partial charge in [-0.25, -0.2) is 4.98 Å². The van der Waals surface area contributed by atoms with Gasteiger partial charge < -0.3 is 5.73 Å². The van der Waals surface area contributed by atoms with Crippen molar-refractivity contribution in [3.8, 4) is 0 Å². The first-order valence-electron chi connectivity index (χ1n) is 4.89. The quantitative estimate of drug-likeness (QED) is 0.762. The number of halogens is 1. The van der Waals surface area contributed by atoms with E-state index in [4.69, 9.17) is 17.3 Å². The third kappa shape index (κ3) is 1.43. The fraction of sp³-hybridized carbons (Fsp3) is 0.545. The van der Waals surface area contributed by atoms with E-state index in [9.17, 15) is 0 Å². The van der Waals surface area contributed by atoms with Gasteiger partial charge in [0.2, 0.25) is 0 Å². The lowest BCUT2D eigenvalue weighted by molar-refractivity contribution is 0.558.